The molecule has 0 heterocycles. The van der Waals surface area contributed by atoms with E-state index in [9.17, 15) is 4.79 Å². The van der Waals surface area contributed by atoms with E-state index >= 15 is 0 Å². The lowest BCUT2D eigenvalue weighted by atomic mass is 10.1. The molecule has 0 radical (unpaired) electrons. The van der Waals surface area contributed by atoms with Crippen molar-refractivity contribution in [1.29, 1.82) is 0 Å². The number of guanidine groups is 1. The van der Waals surface area contributed by atoms with E-state index in [-0.39, 0.29) is 36.4 Å². The molecule has 6 nitrogen and oxygen atoms in total. The van der Waals surface area contributed by atoms with Crippen molar-refractivity contribution in [2.45, 2.75) is 27.3 Å². The van der Waals surface area contributed by atoms with Crippen LogP contribution in [0.4, 0.5) is 0 Å². The van der Waals surface area contributed by atoms with Crippen molar-refractivity contribution in [3.63, 3.8) is 0 Å². The molecule has 1 aromatic rings. The summed E-state index contributed by atoms with van der Waals surface area (Å²) in [6, 6.07) is 6.05. The van der Waals surface area contributed by atoms with Gasteiger partial charge in [-0.25, -0.2) is 4.99 Å². The molecule has 0 saturated carbocycles. The number of nitrogens with zero attached hydrogens (tertiary/aromatic N) is 2. The van der Waals surface area contributed by atoms with Gasteiger partial charge in [0.1, 0.15) is 5.75 Å². The van der Waals surface area contributed by atoms with Crippen molar-refractivity contribution in [3.05, 3.63) is 29.3 Å². The molecule has 142 valence electrons. The number of methoxy groups -OCH3 is 1. The first kappa shape index (κ1) is 23.5. The van der Waals surface area contributed by atoms with Crippen LogP contribution in [-0.2, 0) is 11.3 Å². The monoisotopic (exact) mass is 462 g/mol. The Kier molecular flexibility index (Phi) is 11.2. The van der Waals surface area contributed by atoms with Crippen molar-refractivity contribution >= 4 is 35.8 Å². The van der Waals surface area contributed by atoms with E-state index in [0.29, 0.717) is 18.4 Å². The molecule has 1 amide bonds. The van der Waals surface area contributed by atoms with Crippen molar-refractivity contribution in [2.24, 2.45) is 10.9 Å². The molecule has 2 N–H and O–H groups in total. The molecule has 1 aromatic carbocycles. The summed E-state index contributed by atoms with van der Waals surface area (Å²) in [4.78, 5) is 17.9. The number of carbonyl (C=O) groups excluding carboxylic acids is 1. The standard InChI is InChI=1S/C18H30N4O2.HI/c1-13(2)10-19-18(21-12-17(23)22(4)5)20-11-15-8-7-14(3)9-16(15)24-6;/h7-9,13H,10-12H2,1-6H3,(H2,19,20,21);1H. The third kappa shape index (κ3) is 8.94. The summed E-state index contributed by atoms with van der Waals surface area (Å²) >= 11 is 0. The number of carbonyl (C=O) groups is 1. The Bertz CT molecular complexity index is 574. The van der Waals surface area contributed by atoms with Crippen molar-refractivity contribution in [2.75, 3.05) is 34.3 Å². The topological polar surface area (TPSA) is 66.0 Å². The molecule has 25 heavy (non-hydrogen) atoms. The predicted molar refractivity (Wildman–Crippen MR) is 114 cm³/mol. The fraction of sp³-hybridized carbons (Fsp3) is 0.556. The van der Waals surface area contributed by atoms with Gasteiger partial charge < -0.3 is 20.3 Å². The maximum absolute atomic E-state index is 11.8. The Morgan fingerprint density at radius 1 is 1.28 bits per heavy atom. The van der Waals surface area contributed by atoms with Crippen LogP contribution in [0.3, 0.4) is 0 Å². The number of benzene rings is 1. The zero-order valence-electron chi connectivity index (χ0n) is 16.0. The summed E-state index contributed by atoms with van der Waals surface area (Å²) in [5.74, 6) is 1.94. The Morgan fingerprint density at radius 3 is 2.52 bits per heavy atom. The highest BCUT2D eigenvalue weighted by Gasteiger charge is 2.08. The van der Waals surface area contributed by atoms with Crippen LogP contribution in [0.15, 0.2) is 23.2 Å². The fourth-order valence-electron chi connectivity index (χ4n) is 1.94. The Balaban J connectivity index is 0.00000576. The number of likely N-dealkylation sites (N-methyl/N-ethyl adjacent to an activating group) is 1. The largest absolute Gasteiger partial charge is 0.496 e. The SMILES string of the molecule is COc1cc(C)ccc1CN=C(NCC(=O)N(C)C)NCC(C)C.I. The molecule has 0 aliphatic heterocycles. The minimum atomic E-state index is 0. The van der Waals surface area contributed by atoms with E-state index < -0.39 is 0 Å². The molecule has 0 aliphatic rings. The number of hydrogen-bond donors (Lipinski definition) is 2. The summed E-state index contributed by atoms with van der Waals surface area (Å²) < 4.78 is 5.42. The van der Waals surface area contributed by atoms with Gasteiger partial charge >= 0.3 is 0 Å². The van der Waals surface area contributed by atoms with Crippen molar-refractivity contribution < 1.29 is 9.53 Å². The fourth-order valence-corrected chi connectivity index (χ4v) is 1.94. The minimum Gasteiger partial charge on any atom is -0.496 e. The Hall–Kier alpha value is -1.51. The normalized spacial score (nSPS) is 10.9. The maximum Gasteiger partial charge on any atom is 0.241 e. The number of rotatable bonds is 7. The van der Waals surface area contributed by atoms with Gasteiger partial charge in [0.15, 0.2) is 5.96 Å². The lowest BCUT2D eigenvalue weighted by Gasteiger charge is -2.16. The van der Waals surface area contributed by atoms with Crippen LogP contribution in [-0.4, -0.2) is 51.1 Å². The highest BCUT2D eigenvalue weighted by molar-refractivity contribution is 14.0. The molecule has 0 spiro atoms. The third-order valence-corrected chi connectivity index (χ3v) is 3.43. The summed E-state index contributed by atoms with van der Waals surface area (Å²) in [6.45, 7) is 7.75. The van der Waals surface area contributed by atoms with E-state index in [0.717, 1.165) is 23.4 Å². The van der Waals surface area contributed by atoms with Crippen LogP contribution >= 0.6 is 24.0 Å². The average molecular weight is 462 g/mol. The molecule has 0 aromatic heterocycles. The number of nitrogens with one attached hydrogen (secondary N) is 2. The van der Waals surface area contributed by atoms with Crippen LogP contribution in [0.2, 0.25) is 0 Å². The molecule has 0 unspecified atom stereocenters. The number of aryl methyl sites for hydroxylation is 1. The molecule has 0 atom stereocenters. The zero-order chi connectivity index (χ0) is 18.1. The van der Waals surface area contributed by atoms with Crippen LogP contribution in [0.5, 0.6) is 5.75 Å². The number of halogens is 1. The summed E-state index contributed by atoms with van der Waals surface area (Å²) in [7, 11) is 5.13. The lowest BCUT2D eigenvalue weighted by Crippen LogP contribution is -2.44. The first-order valence-electron chi connectivity index (χ1n) is 8.19. The highest BCUT2D eigenvalue weighted by atomic mass is 127. The second kappa shape index (κ2) is 11.9. The van der Waals surface area contributed by atoms with Gasteiger partial charge in [-0.2, -0.15) is 0 Å². The molecule has 0 fully saturated rings. The quantitative estimate of drug-likeness (QED) is 0.371. The van der Waals surface area contributed by atoms with Crippen LogP contribution in [0.1, 0.15) is 25.0 Å². The third-order valence-electron chi connectivity index (χ3n) is 3.43. The molecule has 0 saturated heterocycles. The summed E-state index contributed by atoms with van der Waals surface area (Å²) in [5, 5.41) is 6.34. The molecule has 7 heteroatoms. The van der Waals surface area contributed by atoms with E-state index in [1.807, 2.05) is 25.1 Å². The van der Waals surface area contributed by atoms with Gasteiger partial charge in [0.25, 0.3) is 0 Å². The van der Waals surface area contributed by atoms with E-state index in [1.165, 1.54) is 0 Å². The maximum atomic E-state index is 11.8. The van der Waals surface area contributed by atoms with Gasteiger partial charge in [0.2, 0.25) is 5.91 Å². The van der Waals surface area contributed by atoms with E-state index in [4.69, 9.17) is 4.74 Å². The second-order valence-electron chi connectivity index (χ2n) is 6.40. The van der Waals surface area contributed by atoms with Gasteiger partial charge in [-0.05, 0) is 24.5 Å². The Labute approximate surface area is 168 Å². The average Bonchev–Trinajstić information content (AvgIpc) is 2.54. The Morgan fingerprint density at radius 2 is 1.96 bits per heavy atom. The first-order valence-corrected chi connectivity index (χ1v) is 8.19. The highest BCUT2D eigenvalue weighted by Crippen LogP contribution is 2.20. The smallest absolute Gasteiger partial charge is 0.241 e. The molecule has 0 aliphatic carbocycles. The zero-order valence-corrected chi connectivity index (χ0v) is 18.4. The number of amides is 1. The first-order chi connectivity index (χ1) is 11.3. The van der Waals surface area contributed by atoms with Gasteiger partial charge in [0.05, 0.1) is 20.2 Å². The van der Waals surface area contributed by atoms with Crippen molar-refractivity contribution in [1.82, 2.24) is 15.5 Å². The predicted octanol–water partition coefficient (Wildman–Crippen LogP) is 2.40. The lowest BCUT2D eigenvalue weighted by molar-refractivity contribution is -0.127. The van der Waals surface area contributed by atoms with Crippen molar-refractivity contribution in [3.8, 4) is 5.75 Å². The summed E-state index contributed by atoms with van der Waals surface area (Å²) in [6.07, 6.45) is 0. The number of ether oxygens (including phenoxy) is 1. The molecule has 0 bridgehead atoms. The van der Waals surface area contributed by atoms with Crippen LogP contribution in [0, 0.1) is 12.8 Å². The molecule has 1 rings (SSSR count). The van der Waals surface area contributed by atoms with Crippen LogP contribution in [0.25, 0.3) is 0 Å². The summed E-state index contributed by atoms with van der Waals surface area (Å²) in [5.41, 5.74) is 2.15. The van der Waals surface area contributed by atoms with Gasteiger partial charge in [0, 0.05) is 26.2 Å². The second-order valence-corrected chi connectivity index (χ2v) is 6.40. The molecular weight excluding hydrogens is 431 g/mol. The minimum absolute atomic E-state index is 0. The van der Waals surface area contributed by atoms with Crippen LogP contribution < -0.4 is 15.4 Å². The van der Waals surface area contributed by atoms with Gasteiger partial charge in [-0.15, -0.1) is 24.0 Å². The van der Waals surface area contributed by atoms with Gasteiger partial charge in [-0.1, -0.05) is 26.0 Å². The number of aliphatic imine (C=N–C) groups is 1. The van der Waals surface area contributed by atoms with E-state index in [1.54, 1.807) is 26.1 Å². The van der Waals surface area contributed by atoms with Gasteiger partial charge in [-0.3, -0.25) is 4.79 Å². The number of hydrogen-bond acceptors (Lipinski definition) is 3. The molecular formula is C18H31IN4O2. The van der Waals surface area contributed by atoms with E-state index in [2.05, 4.69) is 29.5 Å².